The van der Waals surface area contributed by atoms with Crippen molar-refractivity contribution in [2.75, 3.05) is 26.7 Å². The van der Waals surface area contributed by atoms with Crippen LogP contribution in [0.25, 0.3) is 11.1 Å². The van der Waals surface area contributed by atoms with E-state index in [1.165, 1.54) is 18.3 Å². The van der Waals surface area contributed by atoms with Crippen LogP contribution in [0.15, 0.2) is 73.1 Å². The van der Waals surface area contributed by atoms with Crippen LogP contribution in [0.1, 0.15) is 15.9 Å². The van der Waals surface area contributed by atoms with Crippen LogP contribution in [0.3, 0.4) is 0 Å². The van der Waals surface area contributed by atoms with Crippen LogP contribution >= 0.6 is 0 Å². The summed E-state index contributed by atoms with van der Waals surface area (Å²) in [7, 11) is 1.55. The van der Waals surface area contributed by atoms with E-state index in [1.807, 2.05) is 30.3 Å². The molecular weight excluding hydrogens is 409 g/mol. The van der Waals surface area contributed by atoms with Gasteiger partial charge < -0.3 is 15.0 Å². The molecule has 6 nitrogen and oxygen atoms in total. The van der Waals surface area contributed by atoms with Gasteiger partial charge in [-0.3, -0.25) is 14.6 Å². The van der Waals surface area contributed by atoms with Crippen molar-refractivity contribution in [3.8, 4) is 11.1 Å². The second-order valence-electron chi connectivity index (χ2n) is 7.78. The first-order valence-electron chi connectivity index (χ1n) is 10.4. The first-order valence-corrected chi connectivity index (χ1v) is 10.4. The normalized spacial score (nSPS) is 18.2. The van der Waals surface area contributed by atoms with Gasteiger partial charge in [-0.05, 0) is 41.0 Å². The van der Waals surface area contributed by atoms with Gasteiger partial charge in [0.2, 0.25) is 0 Å². The monoisotopic (exact) mass is 433 g/mol. The standard InChI is InChI=1S/C25H24FN3O3/c1-27-24(31)25(17-29(11-12-32-25)23(30)21-8-4-10-28-16-21)15-18-5-2-6-19(13-18)20-7-3-9-22(26)14-20/h2-10,13-14,16H,11-12,15,17H2,1H3,(H,27,31)/t25-/m0/s1. The first-order chi connectivity index (χ1) is 15.5. The second-order valence-corrected chi connectivity index (χ2v) is 7.78. The number of nitrogens with one attached hydrogen (secondary N) is 1. The van der Waals surface area contributed by atoms with Gasteiger partial charge in [0.1, 0.15) is 5.82 Å². The van der Waals surface area contributed by atoms with Crippen LogP contribution in [-0.4, -0.2) is 54.0 Å². The number of hydrogen-bond donors (Lipinski definition) is 1. The molecule has 1 aromatic heterocycles. The Morgan fingerprint density at radius 2 is 1.91 bits per heavy atom. The molecule has 2 aromatic carbocycles. The molecule has 4 rings (SSSR count). The Bertz CT molecular complexity index is 1120. The number of amides is 2. The molecule has 0 saturated carbocycles. The molecule has 0 radical (unpaired) electrons. The smallest absolute Gasteiger partial charge is 0.255 e. The van der Waals surface area contributed by atoms with Crippen LogP contribution in [0.5, 0.6) is 0 Å². The van der Waals surface area contributed by atoms with Crippen molar-refractivity contribution in [2.45, 2.75) is 12.0 Å². The fourth-order valence-electron chi connectivity index (χ4n) is 4.04. The van der Waals surface area contributed by atoms with Crippen LogP contribution < -0.4 is 5.32 Å². The van der Waals surface area contributed by atoms with Gasteiger partial charge in [0, 0.05) is 32.4 Å². The maximum Gasteiger partial charge on any atom is 0.255 e. The van der Waals surface area contributed by atoms with Gasteiger partial charge >= 0.3 is 0 Å². The molecule has 32 heavy (non-hydrogen) atoms. The minimum absolute atomic E-state index is 0.116. The zero-order valence-electron chi connectivity index (χ0n) is 17.8. The van der Waals surface area contributed by atoms with Crippen molar-refractivity contribution in [3.05, 3.63) is 90.0 Å². The molecule has 1 aliphatic heterocycles. The number of benzene rings is 2. The number of halogens is 1. The molecule has 0 aliphatic carbocycles. The molecular formula is C25H24FN3O3. The minimum Gasteiger partial charge on any atom is -0.361 e. The molecule has 1 aliphatic rings. The summed E-state index contributed by atoms with van der Waals surface area (Å²) in [6, 6.07) is 17.4. The fraction of sp³-hybridized carbons (Fsp3) is 0.240. The summed E-state index contributed by atoms with van der Waals surface area (Å²) in [5.41, 5.74) is 1.68. The number of pyridine rings is 1. The van der Waals surface area contributed by atoms with E-state index in [1.54, 1.807) is 36.3 Å². The number of hydrogen-bond acceptors (Lipinski definition) is 4. The van der Waals surface area contributed by atoms with E-state index in [0.29, 0.717) is 12.1 Å². The van der Waals surface area contributed by atoms with Crippen molar-refractivity contribution in [2.24, 2.45) is 0 Å². The van der Waals surface area contributed by atoms with Gasteiger partial charge in [0.25, 0.3) is 11.8 Å². The highest BCUT2D eigenvalue weighted by molar-refractivity contribution is 5.95. The van der Waals surface area contributed by atoms with Gasteiger partial charge in [0.15, 0.2) is 5.60 Å². The molecule has 0 bridgehead atoms. The Labute approximate surface area is 186 Å². The lowest BCUT2D eigenvalue weighted by Crippen LogP contribution is -2.61. The highest BCUT2D eigenvalue weighted by atomic mass is 19.1. The number of rotatable bonds is 5. The SMILES string of the molecule is CNC(=O)[C@]1(Cc2cccc(-c3cccc(F)c3)c2)CN(C(=O)c2cccnc2)CCO1. The fourth-order valence-corrected chi connectivity index (χ4v) is 4.04. The number of morpholine rings is 1. The molecule has 1 atom stereocenters. The zero-order valence-corrected chi connectivity index (χ0v) is 17.8. The second kappa shape index (κ2) is 9.28. The van der Waals surface area contributed by atoms with E-state index < -0.39 is 5.60 Å². The van der Waals surface area contributed by atoms with E-state index in [0.717, 1.165) is 16.7 Å². The quantitative estimate of drug-likeness (QED) is 0.671. The van der Waals surface area contributed by atoms with Crippen molar-refractivity contribution in [3.63, 3.8) is 0 Å². The van der Waals surface area contributed by atoms with Crippen molar-refractivity contribution >= 4 is 11.8 Å². The first kappa shape index (κ1) is 21.6. The third-order valence-corrected chi connectivity index (χ3v) is 5.60. The number of aromatic nitrogens is 1. The molecule has 2 amide bonds. The molecule has 0 unspecified atom stereocenters. The maximum atomic E-state index is 13.7. The average molecular weight is 433 g/mol. The Balaban J connectivity index is 1.62. The van der Waals surface area contributed by atoms with Crippen molar-refractivity contribution in [1.29, 1.82) is 0 Å². The topological polar surface area (TPSA) is 71.5 Å². The lowest BCUT2D eigenvalue weighted by molar-refractivity contribution is -0.156. The van der Waals surface area contributed by atoms with Gasteiger partial charge in [-0.1, -0.05) is 36.4 Å². The van der Waals surface area contributed by atoms with Crippen LogP contribution in [-0.2, 0) is 16.0 Å². The number of carbonyl (C=O) groups is 2. The van der Waals surface area contributed by atoms with E-state index >= 15 is 0 Å². The predicted octanol–water partition coefficient (Wildman–Crippen LogP) is 3.09. The summed E-state index contributed by atoms with van der Waals surface area (Å²) in [5.74, 6) is -0.796. The van der Waals surface area contributed by atoms with E-state index in [4.69, 9.17) is 4.74 Å². The molecule has 0 spiro atoms. The Hall–Kier alpha value is -3.58. The molecule has 2 heterocycles. The molecule has 1 saturated heterocycles. The highest BCUT2D eigenvalue weighted by Gasteiger charge is 2.44. The van der Waals surface area contributed by atoms with E-state index in [-0.39, 0.29) is 37.2 Å². The van der Waals surface area contributed by atoms with Gasteiger partial charge in [-0.25, -0.2) is 4.39 Å². The summed E-state index contributed by atoms with van der Waals surface area (Å²) in [6.07, 6.45) is 3.39. The molecule has 3 aromatic rings. The molecule has 1 fully saturated rings. The van der Waals surface area contributed by atoms with Crippen LogP contribution in [0.2, 0.25) is 0 Å². The number of carbonyl (C=O) groups excluding carboxylic acids is 2. The molecule has 164 valence electrons. The average Bonchev–Trinajstić information content (AvgIpc) is 2.84. The summed E-state index contributed by atoms with van der Waals surface area (Å²) >= 11 is 0. The van der Waals surface area contributed by atoms with Crippen molar-refractivity contribution in [1.82, 2.24) is 15.2 Å². The molecule has 7 heteroatoms. The third-order valence-electron chi connectivity index (χ3n) is 5.60. The van der Waals surface area contributed by atoms with Gasteiger partial charge in [0.05, 0.1) is 18.7 Å². The Morgan fingerprint density at radius 3 is 2.62 bits per heavy atom. The zero-order chi connectivity index (χ0) is 22.6. The maximum absolute atomic E-state index is 13.7. The number of likely N-dealkylation sites (N-methyl/N-ethyl adjacent to an activating group) is 1. The lowest BCUT2D eigenvalue weighted by atomic mass is 9.89. The predicted molar refractivity (Wildman–Crippen MR) is 118 cm³/mol. The molecule has 1 N–H and O–H groups in total. The van der Waals surface area contributed by atoms with Gasteiger partial charge in [-0.15, -0.1) is 0 Å². The Kier molecular flexibility index (Phi) is 6.28. The van der Waals surface area contributed by atoms with Gasteiger partial charge in [-0.2, -0.15) is 0 Å². The number of nitrogens with zero attached hydrogens (tertiary/aromatic N) is 2. The number of ether oxygens (including phenoxy) is 1. The Morgan fingerprint density at radius 1 is 1.12 bits per heavy atom. The minimum atomic E-state index is -1.23. The summed E-state index contributed by atoms with van der Waals surface area (Å²) in [4.78, 5) is 31.6. The van der Waals surface area contributed by atoms with Crippen LogP contribution in [0.4, 0.5) is 4.39 Å². The summed E-state index contributed by atoms with van der Waals surface area (Å²) in [6.45, 7) is 0.739. The highest BCUT2D eigenvalue weighted by Crippen LogP contribution is 2.28. The van der Waals surface area contributed by atoms with E-state index in [2.05, 4.69) is 10.3 Å². The largest absolute Gasteiger partial charge is 0.361 e. The van der Waals surface area contributed by atoms with Crippen molar-refractivity contribution < 1.29 is 18.7 Å². The van der Waals surface area contributed by atoms with Crippen LogP contribution in [0, 0.1) is 5.82 Å². The van der Waals surface area contributed by atoms with E-state index in [9.17, 15) is 14.0 Å². The third kappa shape index (κ3) is 4.53. The lowest BCUT2D eigenvalue weighted by Gasteiger charge is -2.41. The summed E-state index contributed by atoms with van der Waals surface area (Å²) < 4.78 is 19.7. The summed E-state index contributed by atoms with van der Waals surface area (Å²) in [5, 5.41) is 2.68.